The standard InChI is InChI=1S/C15H21NO2/c1-3-4-6-11-14(18)16-15(12(2)17)13-9-7-5-8-10-13/h5,7-10,15H,3-4,6,11H2,1-2H3,(H,16,18). The van der Waals surface area contributed by atoms with Gasteiger partial charge in [-0.15, -0.1) is 0 Å². The molecule has 1 amide bonds. The zero-order valence-electron chi connectivity index (χ0n) is 11.1. The summed E-state index contributed by atoms with van der Waals surface area (Å²) in [6.07, 6.45) is 3.50. The summed E-state index contributed by atoms with van der Waals surface area (Å²) < 4.78 is 0. The summed E-state index contributed by atoms with van der Waals surface area (Å²) in [7, 11) is 0. The van der Waals surface area contributed by atoms with E-state index >= 15 is 0 Å². The van der Waals surface area contributed by atoms with Gasteiger partial charge in [0.05, 0.1) is 0 Å². The molecular weight excluding hydrogens is 226 g/mol. The first kappa shape index (κ1) is 14.4. The number of amides is 1. The van der Waals surface area contributed by atoms with Crippen LogP contribution in [0.1, 0.15) is 51.1 Å². The number of hydrogen-bond donors (Lipinski definition) is 1. The van der Waals surface area contributed by atoms with Crippen molar-refractivity contribution in [1.82, 2.24) is 5.32 Å². The molecule has 0 fully saturated rings. The Labute approximate surface area is 109 Å². The molecule has 0 aliphatic rings. The van der Waals surface area contributed by atoms with Crippen LogP contribution in [0, 0.1) is 0 Å². The molecule has 0 spiro atoms. The molecule has 98 valence electrons. The molecule has 0 saturated carbocycles. The summed E-state index contributed by atoms with van der Waals surface area (Å²) in [6, 6.07) is 8.84. The summed E-state index contributed by atoms with van der Waals surface area (Å²) in [4.78, 5) is 23.3. The number of Topliss-reactive ketones (excluding diaryl/α,β-unsaturated/α-hetero) is 1. The Kier molecular flexibility index (Phi) is 6.12. The lowest BCUT2D eigenvalue weighted by Gasteiger charge is -2.16. The molecule has 1 rings (SSSR count). The highest BCUT2D eigenvalue weighted by molar-refractivity contribution is 5.88. The van der Waals surface area contributed by atoms with E-state index in [2.05, 4.69) is 12.2 Å². The predicted octanol–water partition coefficient (Wildman–Crippen LogP) is 3.01. The summed E-state index contributed by atoms with van der Waals surface area (Å²) in [5.41, 5.74) is 0.842. The second-order valence-corrected chi connectivity index (χ2v) is 4.48. The van der Waals surface area contributed by atoms with Gasteiger partial charge in [0.1, 0.15) is 6.04 Å². The zero-order valence-corrected chi connectivity index (χ0v) is 11.1. The van der Waals surface area contributed by atoms with E-state index in [1.54, 1.807) is 0 Å². The highest BCUT2D eigenvalue weighted by atomic mass is 16.2. The van der Waals surface area contributed by atoms with Crippen LogP contribution in [0.3, 0.4) is 0 Å². The lowest BCUT2D eigenvalue weighted by molar-refractivity contribution is -0.127. The quantitative estimate of drug-likeness (QED) is 0.753. The van der Waals surface area contributed by atoms with Crippen molar-refractivity contribution in [3.63, 3.8) is 0 Å². The lowest BCUT2D eigenvalue weighted by Crippen LogP contribution is -2.32. The molecule has 0 aliphatic carbocycles. The van der Waals surface area contributed by atoms with Crippen LogP contribution < -0.4 is 5.32 Å². The van der Waals surface area contributed by atoms with Gasteiger partial charge in [-0.05, 0) is 18.9 Å². The smallest absolute Gasteiger partial charge is 0.220 e. The van der Waals surface area contributed by atoms with E-state index in [0.717, 1.165) is 24.8 Å². The van der Waals surface area contributed by atoms with Crippen LogP contribution in [0.25, 0.3) is 0 Å². The molecule has 0 aliphatic heterocycles. The van der Waals surface area contributed by atoms with Crippen molar-refractivity contribution >= 4 is 11.7 Å². The second kappa shape index (κ2) is 7.64. The van der Waals surface area contributed by atoms with Crippen LogP contribution in [0.2, 0.25) is 0 Å². The molecule has 1 N–H and O–H groups in total. The Morgan fingerprint density at radius 1 is 1.17 bits per heavy atom. The summed E-state index contributed by atoms with van der Waals surface area (Å²) >= 11 is 0. The number of unbranched alkanes of at least 4 members (excludes halogenated alkanes) is 2. The second-order valence-electron chi connectivity index (χ2n) is 4.48. The largest absolute Gasteiger partial charge is 0.342 e. The van der Waals surface area contributed by atoms with Crippen molar-refractivity contribution in [2.24, 2.45) is 0 Å². The SMILES string of the molecule is CCCCCC(=O)NC(C(C)=O)c1ccccc1. The van der Waals surface area contributed by atoms with Crippen molar-refractivity contribution in [2.75, 3.05) is 0 Å². The summed E-state index contributed by atoms with van der Waals surface area (Å²) in [5.74, 6) is -0.0856. The fraction of sp³-hybridized carbons (Fsp3) is 0.467. The monoisotopic (exact) mass is 247 g/mol. The van der Waals surface area contributed by atoms with Crippen LogP contribution in [0.5, 0.6) is 0 Å². The molecule has 1 atom stereocenters. The average Bonchev–Trinajstić information content (AvgIpc) is 2.37. The number of rotatable bonds is 7. The van der Waals surface area contributed by atoms with Crippen molar-refractivity contribution in [1.29, 1.82) is 0 Å². The topological polar surface area (TPSA) is 46.2 Å². The molecule has 1 aromatic rings. The highest BCUT2D eigenvalue weighted by Crippen LogP contribution is 2.14. The van der Waals surface area contributed by atoms with Crippen LogP contribution in [0.4, 0.5) is 0 Å². The molecular formula is C15H21NO2. The predicted molar refractivity (Wildman–Crippen MR) is 72.1 cm³/mol. The molecule has 0 heterocycles. The number of nitrogens with one attached hydrogen (secondary N) is 1. The maximum absolute atomic E-state index is 11.7. The van der Waals surface area contributed by atoms with Gasteiger partial charge in [0.15, 0.2) is 5.78 Å². The Hall–Kier alpha value is -1.64. The normalized spacial score (nSPS) is 11.9. The van der Waals surface area contributed by atoms with Gasteiger partial charge in [-0.3, -0.25) is 9.59 Å². The lowest BCUT2D eigenvalue weighted by atomic mass is 10.0. The first-order chi connectivity index (χ1) is 8.65. The van der Waals surface area contributed by atoms with E-state index < -0.39 is 6.04 Å². The van der Waals surface area contributed by atoms with Gasteiger partial charge in [0.2, 0.25) is 5.91 Å². The Morgan fingerprint density at radius 3 is 2.39 bits per heavy atom. The molecule has 1 aromatic carbocycles. The van der Waals surface area contributed by atoms with E-state index in [1.165, 1.54) is 6.92 Å². The molecule has 18 heavy (non-hydrogen) atoms. The average molecular weight is 247 g/mol. The Bertz CT molecular complexity index is 387. The summed E-state index contributed by atoms with van der Waals surface area (Å²) in [6.45, 7) is 3.60. The van der Waals surface area contributed by atoms with Crippen LogP contribution >= 0.6 is 0 Å². The minimum atomic E-state index is -0.514. The maximum Gasteiger partial charge on any atom is 0.220 e. The molecule has 3 nitrogen and oxygen atoms in total. The first-order valence-electron chi connectivity index (χ1n) is 6.50. The van der Waals surface area contributed by atoms with Crippen LogP contribution in [-0.4, -0.2) is 11.7 Å². The maximum atomic E-state index is 11.7. The van der Waals surface area contributed by atoms with Crippen molar-refractivity contribution < 1.29 is 9.59 Å². The van der Waals surface area contributed by atoms with Gasteiger partial charge in [-0.1, -0.05) is 50.1 Å². The van der Waals surface area contributed by atoms with Crippen molar-refractivity contribution in [2.45, 2.75) is 45.6 Å². The minimum Gasteiger partial charge on any atom is -0.342 e. The third-order valence-electron chi connectivity index (χ3n) is 2.85. The molecule has 0 aromatic heterocycles. The van der Waals surface area contributed by atoms with E-state index in [-0.39, 0.29) is 11.7 Å². The Morgan fingerprint density at radius 2 is 1.83 bits per heavy atom. The zero-order chi connectivity index (χ0) is 13.4. The Balaban J connectivity index is 2.59. The van der Waals surface area contributed by atoms with Gasteiger partial charge in [0.25, 0.3) is 0 Å². The van der Waals surface area contributed by atoms with Gasteiger partial charge < -0.3 is 5.32 Å². The number of carbonyl (C=O) groups excluding carboxylic acids is 2. The number of benzene rings is 1. The van der Waals surface area contributed by atoms with E-state index in [4.69, 9.17) is 0 Å². The van der Waals surface area contributed by atoms with Gasteiger partial charge >= 0.3 is 0 Å². The van der Waals surface area contributed by atoms with Crippen LogP contribution in [-0.2, 0) is 9.59 Å². The van der Waals surface area contributed by atoms with Gasteiger partial charge in [-0.25, -0.2) is 0 Å². The molecule has 0 radical (unpaired) electrons. The third-order valence-corrected chi connectivity index (χ3v) is 2.85. The highest BCUT2D eigenvalue weighted by Gasteiger charge is 2.18. The van der Waals surface area contributed by atoms with Crippen LogP contribution in [0.15, 0.2) is 30.3 Å². The first-order valence-corrected chi connectivity index (χ1v) is 6.50. The number of ketones is 1. The van der Waals surface area contributed by atoms with Gasteiger partial charge in [-0.2, -0.15) is 0 Å². The van der Waals surface area contributed by atoms with E-state index in [9.17, 15) is 9.59 Å². The van der Waals surface area contributed by atoms with E-state index in [0.29, 0.717) is 6.42 Å². The molecule has 0 bridgehead atoms. The molecule has 0 saturated heterocycles. The van der Waals surface area contributed by atoms with Gasteiger partial charge in [0, 0.05) is 6.42 Å². The van der Waals surface area contributed by atoms with E-state index in [1.807, 2.05) is 30.3 Å². The molecule has 1 unspecified atom stereocenters. The van der Waals surface area contributed by atoms with Crippen molar-refractivity contribution in [3.05, 3.63) is 35.9 Å². The fourth-order valence-corrected chi connectivity index (χ4v) is 1.83. The number of carbonyl (C=O) groups is 2. The van der Waals surface area contributed by atoms with Crippen molar-refractivity contribution in [3.8, 4) is 0 Å². The summed E-state index contributed by atoms with van der Waals surface area (Å²) in [5, 5.41) is 2.80. The molecule has 3 heteroatoms. The fourth-order valence-electron chi connectivity index (χ4n) is 1.83. The third kappa shape index (κ3) is 4.70. The number of hydrogen-bond acceptors (Lipinski definition) is 2. The minimum absolute atomic E-state index is 0.0370.